The molecule has 0 unspecified atom stereocenters. The largest absolute Gasteiger partial charge is 0.414 e. The van der Waals surface area contributed by atoms with Crippen LogP contribution in [0.3, 0.4) is 0 Å². The lowest BCUT2D eigenvalue weighted by Crippen LogP contribution is -1.87. The molecule has 0 saturated carbocycles. The summed E-state index contributed by atoms with van der Waals surface area (Å²) in [5, 5.41) is 14.4. The number of H-pyrrole nitrogens is 2. The van der Waals surface area contributed by atoms with E-state index in [-0.39, 0.29) is 0 Å². The SMILES string of the molecule is S=c1[nH]nc(Cc2ccc(Cl)cc2)o1.S=c1[nH]nc(Cc2ccc(Cl)cc2)o1. The molecule has 4 rings (SSSR count). The minimum absolute atomic E-state index is 0.300. The fraction of sp³-hybridized carbons (Fsp3) is 0.111. The van der Waals surface area contributed by atoms with Crippen LogP contribution in [0.5, 0.6) is 0 Å². The van der Waals surface area contributed by atoms with E-state index in [9.17, 15) is 0 Å². The molecule has 0 aliphatic carbocycles. The lowest BCUT2D eigenvalue weighted by atomic mass is 10.1. The molecule has 2 aromatic heterocycles. The molecule has 0 aliphatic heterocycles. The van der Waals surface area contributed by atoms with Crippen LogP contribution in [-0.4, -0.2) is 20.4 Å². The van der Waals surface area contributed by atoms with Crippen LogP contribution in [0.2, 0.25) is 10.0 Å². The summed E-state index contributed by atoms with van der Waals surface area (Å²) in [6, 6.07) is 15.0. The molecule has 0 amide bonds. The Morgan fingerprint density at radius 2 is 1.04 bits per heavy atom. The van der Waals surface area contributed by atoms with Gasteiger partial charge in [-0.25, -0.2) is 10.2 Å². The van der Waals surface area contributed by atoms with Crippen LogP contribution < -0.4 is 0 Å². The molecular weight excluding hydrogens is 439 g/mol. The third-order valence-corrected chi connectivity index (χ3v) is 4.36. The minimum Gasteiger partial charge on any atom is -0.414 e. The van der Waals surface area contributed by atoms with E-state index >= 15 is 0 Å². The second-order valence-corrected chi connectivity index (χ2v) is 7.23. The Morgan fingerprint density at radius 3 is 1.32 bits per heavy atom. The summed E-state index contributed by atoms with van der Waals surface area (Å²) in [6.45, 7) is 0. The molecule has 0 bridgehead atoms. The summed E-state index contributed by atoms with van der Waals surface area (Å²) in [5.74, 6) is 1.16. The summed E-state index contributed by atoms with van der Waals surface area (Å²) >= 11 is 21.0. The van der Waals surface area contributed by atoms with Crippen molar-refractivity contribution in [1.82, 2.24) is 20.4 Å². The summed E-state index contributed by atoms with van der Waals surface area (Å²) < 4.78 is 10.3. The van der Waals surface area contributed by atoms with Crippen molar-refractivity contribution in [2.75, 3.05) is 0 Å². The summed E-state index contributed by atoms with van der Waals surface area (Å²) in [6.07, 6.45) is 1.23. The van der Waals surface area contributed by atoms with Gasteiger partial charge in [0.15, 0.2) is 0 Å². The van der Waals surface area contributed by atoms with Crippen LogP contribution >= 0.6 is 47.6 Å². The van der Waals surface area contributed by atoms with E-state index in [4.69, 9.17) is 56.5 Å². The molecule has 4 aromatic rings. The molecule has 0 saturated heterocycles. The molecule has 0 aliphatic rings. The van der Waals surface area contributed by atoms with Gasteiger partial charge in [-0.3, -0.25) is 0 Å². The summed E-state index contributed by atoms with van der Waals surface area (Å²) in [7, 11) is 0. The van der Waals surface area contributed by atoms with Crippen LogP contribution in [0.4, 0.5) is 0 Å². The first-order chi connectivity index (χ1) is 13.5. The molecule has 6 nitrogen and oxygen atoms in total. The van der Waals surface area contributed by atoms with Gasteiger partial charge in [0.2, 0.25) is 11.8 Å². The molecule has 0 fully saturated rings. The predicted molar refractivity (Wildman–Crippen MR) is 112 cm³/mol. The smallest absolute Gasteiger partial charge is 0.284 e. The number of rotatable bonds is 4. The van der Waals surface area contributed by atoms with E-state index in [1.54, 1.807) is 0 Å². The van der Waals surface area contributed by atoms with E-state index in [0.29, 0.717) is 34.3 Å². The van der Waals surface area contributed by atoms with Gasteiger partial charge in [0.1, 0.15) is 0 Å². The second kappa shape index (κ2) is 9.79. The van der Waals surface area contributed by atoms with E-state index < -0.39 is 0 Å². The van der Waals surface area contributed by atoms with Gasteiger partial charge in [-0.1, -0.05) is 47.5 Å². The zero-order valence-electron chi connectivity index (χ0n) is 14.3. The number of nitrogens with zero attached hydrogens (tertiary/aromatic N) is 2. The highest BCUT2D eigenvalue weighted by Crippen LogP contribution is 2.13. The van der Waals surface area contributed by atoms with Crippen LogP contribution in [0, 0.1) is 9.67 Å². The average molecular weight is 453 g/mol. The third kappa shape index (κ3) is 6.42. The van der Waals surface area contributed by atoms with Gasteiger partial charge in [-0.2, -0.15) is 0 Å². The zero-order chi connectivity index (χ0) is 19.9. The molecule has 0 radical (unpaired) electrons. The van der Waals surface area contributed by atoms with Crippen LogP contribution in [0.15, 0.2) is 57.4 Å². The van der Waals surface area contributed by atoms with Crippen molar-refractivity contribution >= 4 is 47.6 Å². The van der Waals surface area contributed by atoms with Crippen molar-refractivity contribution in [3.8, 4) is 0 Å². The molecule has 2 heterocycles. The highest BCUT2D eigenvalue weighted by molar-refractivity contribution is 7.71. The molecule has 2 aromatic carbocycles. The number of hydrogen-bond acceptors (Lipinski definition) is 6. The van der Waals surface area contributed by atoms with E-state index in [1.807, 2.05) is 48.5 Å². The Morgan fingerprint density at radius 1 is 0.679 bits per heavy atom. The van der Waals surface area contributed by atoms with Gasteiger partial charge in [0.25, 0.3) is 9.67 Å². The highest BCUT2D eigenvalue weighted by atomic mass is 35.5. The normalized spacial score (nSPS) is 10.4. The molecule has 28 heavy (non-hydrogen) atoms. The van der Waals surface area contributed by atoms with Gasteiger partial charge in [0, 0.05) is 10.0 Å². The Hall–Kier alpha value is -2.26. The molecular formula is C18H14Cl2N4O2S2. The fourth-order valence-corrected chi connectivity index (χ4v) is 2.76. The van der Waals surface area contributed by atoms with Gasteiger partial charge < -0.3 is 8.83 Å². The standard InChI is InChI=1S/2C9H7ClN2OS/c2*10-7-3-1-6(2-4-7)5-8-11-12-9(14)13-8/h2*1-4H,5H2,(H,12,14). The first kappa shape index (κ1) is 20.5. The Bertz CT molecular complexity index is 1040. The maximum absolute atomic E-state index is 5.76. The number of aromatic amines is 2. The first-order valence-corrected chi connectivity index (χ1v) is 9.63. The van der Waals surface area contributed by atoms with Crippen molar-refractivity contribution in [2.45, 2.75) is 12.8 Å². The fourth-order valence-electron chi connectivity index (χ4n) is 2.23. The quantitative estimate of drug-likeness (QED) is 0.372. The molecule has 2 N–H and O–H groups in total. The van der Waals surface area contributed by atoms with Gasteiger partial charge in [-0.15, -0.1) is 10.2 Å². The maximum Gasteiger partial charge on any atom is 0.284 e. The Balaban J connectivity index is 0.000000161. The maximum atomic E-state index is 5.76. The van der Waals surface area contributed by atoms with Crippen LogP contribution in [0.25, 0.3) is 0 Å². The van der Waals surface area contributed by atoms with Crippen LogP contribution in [-0.2, 0) is 12.8 Å². The number of benzene rings is 2. The molecule has 144 valence electrons. The van der Waals surface area contributed by atoms with Crippen molar-refractivity contribution in [3.63, 3.8) is 0 Å². The summed E-state index contributed by atoms with van der Waals surface area (Å²) in [5.41, 5.74) is 2.17. The number of hydrogen-bond donors (Lipinski definition) is 2. The van der Waals surface area contributed by atoms with Crippen molar-refractivity contribution in [3.05, 3.63) is 91.2 Å². The Kier molecular flexibility index (Phi) is 7.16. The minimum atomic E-state index is 0.300. The van der Waals surface area contributed by atoms with E-state index in [1.165, 1.54) is 0 Å². The highest BCUT2D eigenvalue weighted by Gasteiger charge is 2.02. The first-order valence-electron chi connectivity index (χ1n) is 8.05. The summed E-state index contributed by atoms with van der Waals surface area (Å²) in [4.78, 5) is 0.600. The zero-order valence-corrected chi connectivity index (χ0v) is 17.5. The van der Waals surface area contributed by atoms with Crippen molar-refractivity contribution < 1.29 is 8.83 Å². The molecule has 0 atom stereocenters. The lowest BCUT2D eigenvalue weighted by Gasteiger charge is -1.95. The van der Waals surface area contributed by atoms with Gasteiger partial charge in [0.05, 0.1) is 12.8 Å². The number of halogens is 2. The van der Waals surface area contributed by atoms with Crippen molar-refractivity contribution in [2.24, 2.45) is 0 Å². The van der Waals surface area contributed by atoms with E-state index in [0.717, 1.165) is 21.2 Å². The van der Waals surface area contributed by atoms with Gasteiger partial charge in [-0.05, 0) is 59.8 Å². The molecule has 0 spiro atoms. The van der Waals surface area contributed by atoms with Crippen molar-refractivity contribution in [1.29, 1.82) is 0 Å². The second-order valence-electron chi connectivity index (χ2n) is 5.62. The number of aromatic nitrogens is 4. The monoisotopic (exact) mass is 452 g/mol. The molecule has 10 heteroatoms. The average Bonchev–Trinajstić information content (AvgIpc) is 3.27. The Labute approximate surface area is 180 Å². The number of nitrogens with one attached hydrogen (secondary N) is 2. The predicted octanol–water partition coefficient (Wildman–Crippen LogP) is 5.95. The lowest BCUT2D eigenvalue weighted by molar-refractivity contribution is 0.491. The third-order valence-electron chi connectivity index (χ3n) is 3.50. The topological polar surface area (TPSA) is 83.6 Å². The van der Waals surface area contributed by atoms with E-state index in [2.05, 4.69) is 20.4 Å². The van der Waals surface area contributed by atoms with Crippen LogP contribution in [0.1, 0.15) is 22.9 Å². The van der Waals surface area contributed by atoms with Gasteiger partial charge >= 0.3 is 0 Å².